The average molecular weight is 288 g/mol. The maximum absolute atomic E-state index is 11.9. The molecule has 1 saturated heterocycles. The first-order valence-electron chi connectivity index (χ1n) is 7.21. The highest BCUT2D eigenvalue weighted by atomic mass is 16.4. The lowest BCUT2D eigenvalue weighted by molar-refractivity contribution is -0.132. The maximum atomic E-state index is 11.9. The largest absolute Gasteiger partial charge is 0.423 e. The van der Waals surface area contributed by atoms with Crippen LogP contribution in [0.1, 0.15) is 12.5 Å². The fourth-order valence-electron chi connectivity index (χ4n) is 2.57. The molecule has 2 N–H and O–H groups in total. The second-order valence-corrected chi connectivity index (χ2v) is 5.57. The van der Waals surface area contributed by atoms with E-state index in [2.05, 4.69) is 9.88 Å². The van der Waals surface area contributed by atoms with E-state index >= 15 is 0 Å². The van der Waals surface area contributed by atoms with Crippen molar-refractivity contribution >= 4 is 23.0 Å². The summed E-state index contributed by atoms with van der Waals surface area (Å²) in [5.41, 5.74) is 8.47. The van der Waals surface area contributed by atoms with E-state index < -0.39 is 6.04 Å². The van der Waals surface area contributed by atoms with Crippen LogP contribution in [0.5, 0.6) is 0 Å². The zero-order chi connectivity index (χ0) is 15.0. The molecule has 1 fully saturated rings. The third kappa shape index (κ3) is 2.71. The molecule has 6 heteroatoms. The molecular formula is C15H20N4O2. The van der Waals surface area contributed by atoms with Gasteiger partial charge in [0.2, 0.25) is 5.91 Å². The number of nitrogens with zero attached hydrogens (tertiary/aromatic N) is 3. The second kappa shape index (κ2) is 5.37. The first kappa shape index (κ1) is 13.9. The zero-order valence-electron chi connectivity index (χ0n) is 12.4. The predicted molar refractivity (Wildman–Crippen MR) is 81.2 cm³/mol. The van der Waals surface area contributed by atoms with Gasteiger partial charge in [-0.15, -0.1) is 0 Å². The molecule has 1 amide bonds. The van der Waals surface area contributed by atoms with E-state index in [1.165, 1.54) is 0 Å². The summed E-state index contributed by atoms with van der Waals surface area (Å²) in [7, 11) is 0. The van der Waals surface area contributed by atoms with Crippen molar-refractivity contribution in [2.75, 3.05) is 31.1 Å². The van der Waals surface area contributed by atoms with Crippen molar-refractivity contribution in [2.24, 2.45) is 5.73 Å². The number of rotatable bonds is 2. The van der Waals surface area contributed by atoms with Crippen LogP contribution >= 0.6 is 0 Å². The third-order valence-corrected chi connectivity index (χ3v) is 3.78. The Morgan fingerprint density at radius 1 is 1.33 bits per heavy atom. The number of hydrogen-bond donors (Lipinski definition) is 1. The lowest BCUT2D eigenvalue weighted by atomic mass is 10.2. The van der Waals surface area contributed by atoms with Crippen molar-refractivity contribution < 1.29 is 9.21 Å². The SMILES string of the molecule is Cc1ccc2oc(N3CCN(C(=O)C(C)N)CC3)nc2c1. The number of fused-ring (bicyclic) bond motifs is 1. The number of carbonyl (C=O) groups excluding carboxylic acids is 1. The van der Waals surface area contributed by atoms with Crippen LogP contribution < -0.4 is 10.6 Å². The Labute approximate surface area is 123 Å². The van der Waals surface area contributed by atoms with Gasteiger partial charge in [-0.05, 0) is 31.5 Å². The molecule has 2 aromatic rings. The summed E-state index contributed by atoms with van der Waals surface area (Å²) < 4.78 is 5.79. The zero-order valence-corrected chi connectivity index (χ0v) is 12.4. The number of hydrogen-bond acceptors (Lipinski definition) is 5. The van der Waals surface area contributed by atoms with Crippen LogP contribution in [-0.2, 0) is 4.79 Å². The number of anilines is 1. The van der Waals surface area contributed by atoms with Crippen molar-refractivity contribution in [1.29, 1.82) is 0 Å². The fourth-order valence-corrected chi connectivity index (χ4v) is 2.57. The van der Waals surface area contributed by atoms with E-state index in [9.17, 15) is 4.79 Å². The number of amides is 1. The van der Waals surface area contributed by atoms with Gasteiger partial charge in [0, 0.05) is 26.2 Å². The summed E-state index contributed by atoms with van der Waals surface area (Å²) in [5.74, 6) is 0.00263. The molecule has 0 radical (unpaired) electrons. The molecule has 3 rings (SSSR count). The number of oxazole rings is 1. The Bertz CT molecular complexity index is 657. The van der Waals surface area contributed by atoms with Gasteiger partial charge in [-0.2, -0.15) is 4.98 Å². The van der Waals surface area contributed by atoms with Crippen LogP contribution in [-0.4, -0.2) is 48.0 Å². The van der Waals surface area contributed by atoms with Crippen molar-refractivity contribution in [3.8, 4) is 0 Å². The number of aromatic nitrogens is 1. The number of benzene rings is 1. The van der Waals surface area contributed by atoms with Crippen LogP contribution in [0, 0.1) is 6.92 Å². The van der Waals surface area contributed by atoms with E-state index in [-0.39, 0.29) is 5.91 Å². The van der Waals surface area contributed by atoms with Crippen LogP contribution in [0.25, 0.3) is 11.1 Å². The Balaban J connectivity index is 1.72. The molecule has 0 saturated carbocycles. The molecule has 21 heavy (non-hydrogen) atoms. The molecule has 112 valence electrons. The van der Waals surface area contributed by atoms with E-state index in [0.717, 1.165) is 16.7 Å². The van der Waals surface area contributed by atoms with Gasteiger partial charge < -0.3 is 20.0 Å². The van der Waals surface area contributed by atoms with Crippen LogP contribution in [0.15, 0.2) is 22.6 Å². The Morgan fingerprint density at radius 3 is 2.71 bits per heavy atom. The normalized spacial score (nSPS) is 17.3. The van der Waals surface area contributed by atoms with E-state index in [0.29, 0.717) is 32.2 Å². The van der Waals surface area contributed by atoms with Crippen molar-refractivity contribution in [2.45, 2.75) is 19.9 Å². The summed E-state index contributed by atoms with van der Waals surface area (Å²) in [5, 5.41) is 0. The number of carbonyl (C=O) groups is 1. The van der Waals surface area contributed by atoms with Gasteiger partial charge in [0.1, 0.15) is 5.52 Å². The van der Waals surface area contributed by atoms with Crippen molar-refractivity contribution in [3.05, 3.63) is 23.8 Å². The molecular weight excluding hydrogens is 268 g/mol. The average Bonchev–Trinajstić information content (AvgIpc) is 2.89. The van der Waals surface area contributed by atoms with Gasteiger partial charge >= 0.3 is 0 Å². The van der Waals surface area contributed by atoms with Crippen LogP contribution in [0.4, 0.5) is 6.01 Å². The summed E-state index contributed by atoms with van der Waals surface area (Å²) in [4.78, 5) is 20.3. The molecule has 1 aliphatic heterocycles. The van der Waals surface area contributed by atoms with Gasteiger partial charge in [0.15, 0.2) is 5.58 Å². The second-order valence-electron chi connectivity index (χ2n) is 5.57. The minimum absolute atomic E-state index is 0.00263. The summed E-state index contributed by atoms with van der Waals surface area (Å²) in [6, 6.07) is 6.15. The lowest BCUT2D eigenvalue weighted by Crippen LogP contribution is -2.52. The van der Waals surface area contributed by atoms with E-state index in [4.69, 9.17) is 10.2 Å². The molecule has 1 aromatic heterocycles. The lowest BCUT2D eigenvalue weighted by Gasteiger charge is -2.34. The molecule has 1 aliphatic rings. The van der Waals surface area contributed by atoms with Gasteiger partial charge in [0.25, 0.3) is 6.01 Å². The fraction of sp³-hybridized carbons (Fsp3) is 0.467. The Morgan fingerprint density at radius 2 is 2.05 bits per heavy atom. The highest BCUT2D eigenvalue weighted by Gasteiger charge is 2.25. The standard InChI is InChI=1S/C15H20N4O2/c1-10-3-4-13-12(9-10)17-15(21-13)19-7-5-18(6-8-19)14(20)11(2)16/h3-4,9,11H,5-8,16H2,1-2H3. The Kier molecular flexibility index (Phi) is 3.55. The van der Waals surface area contributed by atoms with Crippen LogP contribution in [0.2, 0.25) is 0 Å². The maximum Gasteiger partial charge on any atom is 0.298 e. The highest BCUT2D eigenvalue weighted by Crippen LogP contribution is 2.23. The summed E-state index contributed by atoms with van der Waals surface area (Å²) >= 11 is 0. The third-order valence-electron chi connectivity index (χ3n) is 3.78. The number of nitrogens with two attached hydrogens (primary N) is 1. The van der Waals surface area contributed by atoms with Gasteiger partial charge in [0.05, 0.1) is 6.04 Å². The minimum atomic E-state index is -0.441. The number of aryl methyl sites for hydroxylation is 1. The molecule has 0 bridgehead atoms. The molecule has 0 spiro atoms. The highest BCUT2D eigenvalue weighted by molar-refractivity contribution is 5.81. The minimum Gasteiger partial charge on any atom is -0.423 e. The summed E-state index contributed by atoms with van der Waals surface area (Å²) in [6.07, 6.45) is 0. The van der Waals surface area contributed by atoms with Gasteiger partial charge in [-0.1, -0.05) is 6.07 Å². The van der Waals surface area contributed by atoms with E-state index in [1.54, 1.807) is 11.8 Å². The smallest absolute Gasteiger partial charge is 0.298 e. The van der Waals surface area contributed by atoms with Crippen molar-refractivity contribution in [3.63, 3.8) is 0 Å². The Hall–Kier alpha value is -2.08. The van der Waals surface area contributed by atoms with Crippen LogP contribution in [0.3, 0.4) is 0 Å². The monoisotopic (exact) mass is 288 g/mol. The molecule has 6 nitrogen and oxygen atoms in total. The topological polar surface area (TPSA) is 75.6 Å². The van der Waals surface area contributed by atoms with Gasteiger partial charge in [-0.25, -0.2) is 0 Å². The predicted octanol–water partition coefficient (Wildman–Crippen LogP) is 1.13. The molecule has 0 aliphatic carbocycles. The summed E-state index contributed by atoms with van der Waals surface area (Å²) in [6.45, 7) is 6.48. The molecule has 1 aromatic carbocycles. The van der Waals surface area contributed by atoms with Gasteiger partial charge in [-0.3, -0.25) is 4.79 Å². The molecule has 1 atom stereocenters. The number of piperazine rings is 1. The quantitative estimate of drug-likeness (QED) is 0.896. The molecule has 2 heterocycles. The first-order chi connectivity index (χ1) is 10.0. The molecule has 1 unspecified atom stereocenters. The first-order valence-corrected chi connectivity index (χ1v) is 7.21. The van der Waals surface area contributed by atoms with E-state index in [1.807, 2.05) is 25.1 Å². The van der Waals surface area contributed by atoms with Crippen molar-refractivity contribution in [1.82, 2.24) is 9.88 Å².